The van der Waals surface area contributed by atoms with Gasteiger partial charge in [-0.2, -0.15) is 4.52 Å². The zero-order valence-corrected chi connectivity index (χ0v) is 15.8. The van der Waals surface area contributed by atoms with Gasteiger partial charge in [-0.05, 0) is 42.0 Å². The highest BCUT2D eigenvalue weighted by Crippen LogP contribution is 2.24. The topological polar surface area (TPSA) is 61.4 Å². The summed E-state index contributed by atoms with van der Waals surface area (Å²) in [6.07, 6.45) is 0. The minimum Gasteiger partial charge on any atom is -0.497 e. The molecule has 0 aliphatic carbocycles. The van der Waals surface area contributed by atoms with Gasteiger partial charge in [0.2, 0.25) is 5.78 Å². The summed E-state index contributed by atoms with van der Waals surface area (Å²) in [5.41, 5.74) is 2.47. The van der Waals surface area contributed by atoms with Crippen molar-refractivity contribution in [1.82, 2.24) is 19.2 Å². The van der Waals surface area contributed by atoms with Crippen molar-refractivity contribution in [3.8, 4) is 17.1 Å². The summed E-state index contributed by atoms with van der Waals surface area (Å²) in [6, 6.07) is 25.1. The molecule has 0 atom stereocenters. The number of ether oxygens (including phenoxy) is 1. The molecule has 6 heteroatoms. The smallest absolute Gasteiger partial charge is 0.283 e. The number of rotatable bonds is 4. The summed E-state index contributed by atoms with van der Waals surface area (Å²) in [5.74, 6) is 1.96. The third kappa shape index (κ3) is 2.95. The van der Waals surface area contributed by atoms with Crippen molar-refractivity contribution in [2.45, 2.75) is 6.54 Å². The Labute approximate surface area is 166 Å². The van der Waals surface area contributed by atoms with Gasteiger partial charge in [0.15, 0.2) is 5.82 Å². The van der Waals surface area contributed by atoms with Gasteiger partial charge in [0, 0.05) is 5.56 Å². The highest BCUT2D eigenvalue weighted by molar-refractivity contribution is 5.79. The summed E-state index contributed by atoms with van der Waals surface area (Å²) < 4.78 is 8.64. The van der Waals surface area contributed by atoms with Crippen LogP contribution in [0.4, 0.5) is 0 Å². The van der Waals surface area contributed by atoms with Crippen molar-refractivity contribution in [3.63, 3.8) is 0 Å². The maximum Gasteiger partial charge on any atom is 0.283 e. The van der Waals surface area contributed by atoms with Crippen molar-refractivity contribution in [2.75, 3.05) is 7.11 Å². The van der Waals surface area contributed by atoms with Gasteiger partial charge >= 0.3 is 0 Å². The Morgan fingerprint density at radius 3 is 2.38 bits per heavy atom. The lowest BCUT2D eigenvalue weighted by molar-refractivity contribution is 0.415. The van der Waals surface area contributed by atoms with Crippen molar-refractivity contribution in [1.29, 1.82) is 0 Å². The van der Waals surface area contributed by atoms with Gasteiger partial charge in [-0.25, -0.2) is 4.98 Å². The lowest BCUT2D eigenvalue weighted by Gasteiger charge is -2.09. The maximum absolute atomic E-state index is 13.1. The molecule has 29 heavy (non-hydrogen) atoms. The monoisotopic (exact) mass is 382 g/mol. The largest absolute Gasteiger partial charge is 0.497 e. The van der Waals surface area contributed by atoms with Crippen LogP contribution in [0.15, 0.2) is 83.7 Å². The molecule has 3 aromatic carbocycles. The predicted molar refractivity (Wildman–Crippen MR) is 112 cm³/mol. The molecule has 0 saturated heterocycles. The lowest BCUT2D eigenvalue weighted by atomic mass is 10.2. The zero-order chi connectivity index (χ0) is 19.8. The maximum atomic E-state index is 13.1. The standard InChI is InChI=1S/C23H18N4O2/c1-29-18-13-11-17(12-14-18)21-25-27-22(28)19-9-5-6-10-20(19)24-23(27)26(21)15-16-7-3-2-4-8-16/h2-14H,15H2,1H3. The number of para-hydroxylation sites is 1. The van der Waals surface area contributed by atoms with E-state index < -0.39 is 0 Å². The van der Waals surface area contributed by atoms with Crippen LogP contribution in [0, 0.1) is 0 Å². The van der Waals surface area contributed by atoms with Gasteiger partial charge < -0.3 is 4.74 Å². The second-order valence-corrected chi connectivity index (χ2v) is 6.77. The van der Waals surface area contributed by atoms with Crippen molar-refractivity contribution >= 4 is 16.7 Å². The van der Waals surface area contributed by atoms with E-state index in [1.807, 2.05) is 77.4 Å². The molecular weight excluding hydrogens is 364 g/mol. The first-order chi connectivity index (χ1) is 14.2. The fraction of sp³-hybridized carbons (Fsp3) is 0.0870. The number of hydrogen-bond donors (Lipinski definition) is 0. The van der Waals surface area contributed by atoms with E-state index in [-0.39, 0.29) is 5.56 Å². The second-order valence-electron chi connectivity index (χ2n) is 6.77. The summed E-state index contributed by atoms with van der Waals surface area (Å²) in [4.78, 5) is 17.8. The van der Waals surface area contributed by atoms with Crippen LogP contribution >= 0.6 is 0 Å². The Bertz CT molecular complexity index is 1370. The molecule has 142 valence electrons. The molecule has 0 radical (unpaired) electrons. The summed E-state index contributed by atoms with van der Waals surface area (Å²) in [6.45, 7) is 0.552. The van der Waals surface area contributed by atoms with Gasteiger partial charge in [0.1, 0.15) is 5.75 Å². The molecule has 0 fully saturated rings. The zero-order valence-electron chi connectivity index (χ0n) is 15.8. The Balaban J connectivity index is 1.79. The van der Waals surface area contributed by atoms with Crippen LogP contribution in [0.3, 0.4) is 0 Å². The summed E-state index contributed by atoms with van der Waals surface area (Å²) in [5, 5.41) is 5.20. The van der Waals surface area contributed by atoms with E-state index in [1.165, 1.54) is 4.52 Å². The molecule has 0 saturated carbocycles. The van der Waals surface area contributed by atoms with E-state index in [0.29, 0.717) is 29.0 Å². The summed E-state index contributed by atoms with van der Waals surface area (Å²) in [7, 11) is 1.63. The first-order valence-electron chi connectivity index (χ1n) is 9.31. The van der Waals surface area contributed by atoms with Crippen LogP contribution in [-0.2, 0) is 6.54 Å². The quantitative estimate of drug-likeness (QED) is 0.475. The number of nitrogens with zero attached hydrogens (tertiary/aromatic N) is 4. The van der Waals surface area contributed by atoms with E-state index >= 15 is 0 Å². The van der Waals surface area contributed by atoms with Gasteiger partial charge in [-0.1, -0.05) is 42.5 Å². The Kier molecular flexibility index (Phi) is 4.09. The molecule has 0 unspecified atom stereocenters. The Hall–Kier alpha value is -3.93. The Morgan fingerprint density at radius 1 is 0.897 bits per heavy atom. The van der Waals surface area contributed by atoms with Crippen molar-refractivity contribution in [3.05, 3.63) is 94.8 Å². The van der Waals surface area contributed by atoms with E-state index in [9.17, 15) is 4.79 Å². The van der Waals surface area contributed by atoms with Crippen LogP contribution in [0.5, 0.6) is 5.75 Å². The average molecular weight is 382 g/mol. The molecule has 6 nitrogen and oxygen atoms in total. The summed E-state index contributed by atoms with van der Waals surface area (Å²) >= 11 is 0. The van der Waals surface area contributed by atoms with Gasteiger partial charge in [0.25, 0.3) is 5.56 Å². The number of aromatic nitrogens is 4. The third-order valence-corrected chi connectivity index (χ3v) is 4.96. The first-order valence-corrected chi connectivity index (χ1v) is 9.31. The van der Waals surface area contributed by atoms with Crippen LogP contribution in [0.1, 0.15) is 5.56 Å². The molecular formula is C23H18N4O2. The van der Waals surface area contributed by atoms with Crippen LogP contribution in [0.2, 0.25) is 0 Å². The Morgan fingerprint density at radius 2 is 1.62 bits per heavy atom. The van der Waals surface area contributed by atoms with Crippen LogP contribution in [0.25, 0.3) is 28.1 Å². The lowest BCUT2D eigenvalue weighted by Crippen LogP contribution is -2.16. The highest BCUT2D eigenvalue weighted by Gasteiger charge is 2.17. The molecule has 5 aromatic rings. The number of methoxy groups -OCH3 is 1. The molecule has 0 amide bonds. The first kappa shape index (κ1) is 17.2. The number of fused-ring (bicyclic) bond motifs is 2. The molecule has 0 spiro atoms. The van der Waals surface area contributed by atoms with E-state index in [4.69, 9.17) is 9.72 Å². The van der Waals surface area contributed by atoms with Crippen LogP contribution < -0.4 is 10.3 Å². The normalized spacial score (nSPS) is 11.2. The van der Waals surface area contributed by atoms with Crippen LogP contribution in [-0.4, -0.2) is 26.3 Å². The highest BCUT2D eigenvalue weighted by atomic mass is 16.5. The minimum absolute atomic E-state index is 0.174. The van der Waals surface area contributed by atoms with E-state index in [2.05, 4.69) is 5.10 Å². The van der Waals surface area contributed by atoms with Gasteiger partial charge in [0.05, 0.1) is 24.6 Å². The van der Waals surface area contributed by atoms with E-state index in [1.54, 1.807) is 13.2 Å². The molecule has 0 aliphatic rings. The average Bonchev–Trinajstić information content (AvgIpc) is 3.13. The predicted octanol–water partition coefficient (Wildman–Crippen LogP) is 3.77. The molecule has 0 N–H and O–H groups in total. The minimum atomic E-state index is -0.174. The van der Waals surface area contributed by atoms with E-state index in [0.717, 1.165) is 16.9 Å². The SMILES string of the molecule is COc1ccc(-c2nn3c(=O)c4ccccc4nc3n2Cc2ccccc2)cc1. The third-order valence-electron chi connectivity index (χ3n) is 4.96. The van der Waals surface area contributed by atoms with Gasteiger partial charge in [-0.3, -0.25) is 9.36 Å². The molecule has 0 aliphatic heterocycles. The van der Waals surface area contributed by atoms with Crippen molar-refractivity contribution in [2.24, 2.45) is 0 Å². The van der Waals surface area contributed by atoms with Crippen molar-refractivity contribution < 1.29 is 4.74 Å². The molecule has 2 heterocycles. The van der Waals surface area contributed by atoms with Gasteiger partial charge in [-0.15, -0.1) is 5.10 Å². The molecule has 5 rings (SSSR count). The molecule has 0 bridgehead atoms. The fourth-order valence-electron chi connectivity index (χ4n) is 3.49. The number of benzene rings is 3. The second kappa shape index (κ2) is 6.91. The number of hydrogen-bond acceptors (Lipinski definition) is 4. The fourth-order valence-corrected chi connectivity index (χ4v) is 3.49. The molecule has 2 aromatic heterocycles.